The molecule has 0 fully saturated rings. The topological polar surface area (TPSA) is 58.4 Å². The minimum atomic E-state index is 0.289. The summed E-state index contributed by atoms with van der Waals surface area (Å²) in [5.74, 6) is 2.53. The lowest BCUT2D eigenvalue weighted by Crippen LogP contribution is -2.06. The highest BCUT2D eigenvalue weighted by Crippen LogP contribution is 2.39. The number of rotatable bonds is 6. The number of aryl methyl sites for hydroxylation is 1. The van der Waals surface area contributed by atoms with Crippen molar-refractivity contribution in [2.45, 2.75) is 11.9 Å². The van der Waals surface area contributed by atoms with Crippen molar-refractivity contribution < 1.29 is 14.2 Å². The number of hydrogen-bond acceptors (Lipinski definition) is 5. The van der Waals surface area contributed by atoms with E-state index < -0.39 is 0 Å². The molecule has 0 N–H and O–H groups in total. The van der Waals surface area contributed by atoms with Crippen LogP contribution in [0.4, 0.5) is 0 Å². The molecule has 0 amide bonds. The molecule has 0 radical (unpaired) electrons. The lowest BCUT2D eigenvalue weighted by Gasteiger charge is -2.15. The summed E-state index contributed by atoms with van der Waals surface area (Å²) in [5.41, 5.74) is 1.05. The van der Waals surface area contributed by atoms with Gasteiger partial charge in [-0.05, 0) is 17.7 Å². The van der Waals surface area contributed by atoms with E-state index in [0.29, 0.717) is 22.6 Å². The predicted molar refractivity (Wildman–Crippen MR) is 77.5 cm³/mol. The van der Waals surface area contributed by atoms with E-state index in [-0.39, 0.29) is 6.61 Å². The van der Waals surface area contributed by atoms with Gasteiger partial charge in [0.25, 0.3) is 0 Å². The average molecular weight is 342 g/mol. The highest BCUT2D eigenvalue weighted by Gasteiger charge is 2.15. The summed E-state index contributed by atoms with van der Waals surface area (Å²) in [6, 6.07) is 3.81. The molecule has 7 heteroatoms. The zero-order valence-electron chi connectivity index (χ0n) is 11.6. The van der Waals surface area contributed by atoms with Crippen LogP contribution in [-0.4, -0.2) is 29.0 Å². The van der Waals surface area contributed by atoms with E-state index in [4.69, 9.17) is 14.2 Å². The molecule has 0 unspecified atom stereocenters. The molecule has 1 aromatic heterocycles. The third kappa shape index (κ3) is 3.04. The largest absolute Gasteiger partial charge is 0.493 e. The second-order valence-corrected chi connectivity index (χ2v) is 4.61. The first-order valence-corrected chi connectivity index (χ1v) is 7.08. The maximum atomic E-state index is 5.79. The maximum Gasteiger partial charge on any atom is 0.204 e. The van der Waals surface area contributed by atoms with Crippen LogP contribution in [0.3, 0.4) is 0 Å². The van der Waals surface area contributed by atoms with Crippen LogP contribution >= 0.6 is 15.9 Å². The molecule has 0 aliphatic rings. The quantitative estimate of drug-likeness (QED) is 0.754. The van der Waals surface area contributed by atoms with E-state index in [0.717, 1.165) is 11.4 Å². The molecule has 0 saturated carbocycles. The molecule has 1 aromatic carbocycles. The standard InChI is InChI=1S/C13H16BrN3O3/c1-17-12(15-8-16-17)7-20-13-10(18-2)4-9(6-14)5-11(13)19-3/h4-5,8H,6-7H2,1-3H3. The van der Waals surface area contributed by atoms with E-state index in [2.05, 4.69) is 26.0 Å². The van der Waals surface area contributed by atoms with E-state index in [9.17, 15) is 0 Å². The van der Waals surface area contributed by atoms with Crippen molar-refractivity contribution in [3.05, 3.63) is 29.8 Å². The number of halogens is 1. The van der Waals surface area contributed by atoms with Crippen LogP contribution in [0.15, 0.2) is 18.5 Å². The molecule has 0 spiro atoms. The van der Waals surface area contributed by atoms with Gasteiger partial charge < -0.3 is 14.2 Å². The van der Waals surface area contributed by atoms with Crippen molar-refractivity contribution in [1.82, 2.24) is 14.8 Å². The van der Waals surface area contributed by atoms with Gasteiger partial charge in [-0.3, -0.25) is 4.68 Å². The van der Waals surface area contributed by atoms with E-state index in [1.165, 1.54) is 6.33 Å². The number of methoxy groups -OCH3 is 2. The molecule has 2 aromatic rings. The smallest absolute Gasteiger partial charge is 0.204 e. The Hall–Kier alpha value is -1.76. The summed E-state index contributed by atoms with van der Waals surface area (Å²) >= 11 is 3.42. The number of benzene rings is 1. The number of hydrogen-bond donors (Lipinski definition) is 0. The second kappa shape index (κ2) is 6.60. The van der Waals surface area contributed by atoms with Crippen LogP contribution in [-0.2, 0) is 19.0 Å². The number of aromatic nitrogens is 3. The van der Waals surface area contributed by atoms with Gasteiger partial charge in [-0.2, -0.15) is 5.10 Å². The molecule has 0 aliphatic heterocycles. The van der Waals surface area contributed by atoms with Gasteiger partial charge >= 0.3 is 0 Å². The third-order valence-electron chi connectivity index (χ3n) is 2.83. The van der Waals surface area contributed by atoms with Crippen molar-refractivity contribution >= 4 is 15.9 Å². The Morgan fingerprint density at radius 2 is 1.85 bits per heavy atom. The normalized spacial score (nSPS) is 10.4. The van der Waals surface area contributed by atoms with Crippen LogP contribution < -0.4 is 14.2 Å². The van der Waals surface area contributed by atoms with Gasteiger partial charge in [0.15, 0.2) is 17.3 Å². The summed E-state index contributed by atoms with van der Waals surface area (Å²) in [7, 11) is 5.01. The minimum absolute atomic E-state index is 0.289. The molecule has 0 atom stereocenters. The Bertz CT molecular complexity index is 561. The molecule has 0 bridgehead atoms. The zero-order valence-corrected chi connectivity index (χ0v) is 13.2. The molecule has 2 rings (SSSR count). The molecule has 0 saturated heterocycles. The number of alkyl halides is 1. The Balaban J connectivity index is 2.27. The molecule has 108 valence electrons. The van der Waals surface area contributed by atoms with E-state index in [1.807, 2.05) is 19.2 Å². The zero-order chi connectivity index (χ0) is 14.5. The SMILES string of the molecule is COc1cc(CBr)cc(OC)c1OCc1ncnn1C. The number of nitrogens with zero attached hydrogens (tertiary/aromatic N) is 3. The lowest BCUT2D eigenvalue weighted by atomic mass is 10.2. The maximum absolute atomic E-state index is 5.79. The van der Waals surface area contributed by atoms with E-state index >= 15 is 0 Å². The van der Waals surface area contributed by atoms with Gasteiger partial charge in [0.2, 0.25) is 5.75 Å². The number of ether oxygens (including phenoxy) is 3. The second-order valence-electron chi connectivity index (χ2n) is 4.05. The highest BCUT2D eigenvalue weighted by molar-refractivity contribution is 9.08. The van der Waals surface area contributed by atoms with Crippen molar-refractivity contribution in [2.75, 3.05) is 14.2 Å². The lowest BCUT2D eigenvalue weighted by molar-refractivity contribution is 0.255. The van der Waals surface area contributed by atoms with Gasteiger partial charge in [0.1, 0.15) is 12.9 Å². The summed E-state index contributed by atoms with van der Waals surface area (Å²) in [4.78, 5) is 4.11. The van der Waals surface area contributed by atoms with Crippen molar-refractivity contribution in [1.29, 1.82) is 0 Å². The predicted octanol–water partition coefficient (Wildman–Crippen LogP) is 2.31. The fourth-order valence-corrected chi connectivity index (χ4v) is 2.06. The first kappa shape index (κ1) is 14.6. The minimum Gasteiger partial charge on any atom is -0.493 e. The fourth-order valence-electron chi connectivity index (χ4n) is 1.74. The Labute approximate surface area is 125 Å². The van der Waals surface area contributed by atoms with Gasteiger partial charge in [-0.25, -0.2) is 4.98 Å². The van der Waals surface area contributed by atoms with Crippen LogP contribution in [0, 0.1) is 0 Å². The van der Waals surface area contributed by atoms with Gasteiger partial charge in [0.05, 0.1) is 14.2 Å². The van der Waals surface area contributed by atoms with Crippen LogP contribution in [0.1, 0.15) is 11.4 Å². The molecular weight excluding hydrogens is 326 g/mol. The summed E-state index contributed by atoms with van der Waals surface area (Å²) in [6.07, 6.45) is 1.49. The Morgan fingerprint density at radius 1 is 1.20 bits per heavy atom. The molecule has 0 aliphatic carbocycles. The summed E-state index contributed by atoms with van der Waals surface area (Å²) in [5, 5.41) is 4.71. The van der Waals surface area contributed by atoms with Crippen molar-refractivity contribution in [3.8, 4) is 17.2 Å². The summed E-state index contributed by atoms with van der Waals surface area (Å²) < 4.78 is 18.2. The van der Waals surface area contributed by atoms with Crippen molar-refractivity contribution in [2.24, 2.45) is 7.05 Å². The fraction of sp³-hybridized carbons (Fsp3) is 0.385. The van der Waals surface area contributed by atoms with Crippen LogP contribution in [0.25, 0.3) is 0 Å². The highest BCUT2D eigenvalue weighted by atomic mass is 79.9. The molecular formula is C13H16BrN3O3. The van der Waals surface area contributed by atoms with Crippen LogP contribution in [0.2, 0.25) is 0 Å². The molecule has 20 heavy (non-hydrogen) atoms. The van der Waals surface area contributed by atoms with E-state index in [1.54, 1.807) is 18.9 Å². The monoisotopic (exact) mass is 341 g/mol. The molecule has 1 heterocycles. The first-order chi connectivity index (χ1) is 9.69. The summed E-state index contributed by atoms with van der Waals surface area (Å²) in [6.45, 7) is 0.289. The van der Waals surface area contributed by atoms with Crippen molar-refractivity contribution in [3.63, 3.8) is 0 Å². The van der Waals surface area contributed by atoms with Gasteiger partial charge in [0, 0.05) is 12.4 Å². The average Bonchev–Trinajstić information content (AvgIpc) is 2.89. The first-order valence-electron chi connectivity index (χ1n) is 5.96. The third-order valence-corrected chi connectivity index (χ3v) is 3.47. The Kier molecular flexibility index (Phi) is 4.84. The van der Waals surface area contributed by atoms with Gasteiger partial charge in [-0.15, -0.1) is 0 Å². The molecule has 6 nitrogen and oxygen atoms in total. The van der Waals surface area contributed by atoms with Gasteiger partial charge in [-0.1, -0.05) is 15.9 Å². The Morgan fingerprint density at radius 3 is 2.30 bits per heavy atom. The van der Waals surface area contributed by atoms with Crippen LogP contribution in [0.5, 0.6) is 17.2 Å².